The minimum Gasteiger partial charge on any atom is -0.337 e. The van der Waals surface area contributed by atoms with Crippen molar-refractivity contribution in [3.63, 3.8) is 0 Å². The van der Waals surface area contributed by atoms with Gasteiger partial charge in [0.05, 0.1) is 0 Å². The van der Waals surface area contributed by atoms with Gasteiger partial charge in [-0.25, -0.2) is 0 Å². The van der Waals surface area contributed by atoms with Crippen LogP contribution in [-0.4, -0.2) is 42.2 Å². The van der Waals surface area contributed by atoms with Gasteiger partial charge in [0.25, 0.3) is 0 Å². The van der Waals surface area contributed by atoms with Crippen molar-refractivity contribution >= 4 is 17.7 Å². The molecule has 0 saturated carbocycles. The summed E-state index contributed by atoms with van der Waals surface area (Å²) in [5.41, 5.74) is 0. The first-order valence-electron chi connectivity index (χ1n) is 6.45. The summed E-state index contributed by atoms with van der Waals surface area (Å²) in [5.74, 6) is 1.15. The highest BCUT2D eigenvalue weighted by Gasteiger charge is 2.22. The molecule has 0 spiro atoms. The van der Waals surface area contributed by atoms with Gasteiger partial charge in [0.2, 0.25) is 5.91 Å². The lowest BCUT2D eigenvalue weighted by Crippen LogP contribution is -2.52. The number of piperazine rings is 1. The highest BCUT2D eigenvalue weighted by molar-refractivity contribution is 7.99. The minimum absolute atomic E-state index is 0.285. The van der Waals surface area contributed by atoms with Gasteiger partial charge in [-0.05, 0) is 19.1 Å². The monoisotopic (exact) mass is 264 g/mol. The van der Waals surface area contributed by atoms with Crippen LogP contribution in [0.15, 0.2) is 35.2 Å². The number of carbonyl (C=O) groups excluding carboxylic acids is 1. The zero-order valence-corrected chi connectivity index (χ0v) is 11.6. The van der Waals surface area contributed by atoms with Crippen LogP contribution < -0.4 is 5.32 Å². The summed E-state index contributed by atoms with van der Waals surface area (Å²) in [7, 11) is 0. The topological polar surface area (TPSA) is 32.3 Å². The normalized spacial score (nSPS) is 19.8. The number of nitrogens with one attached hydrogen (secondary N) is 1. The summed E-state index contributed by atoms with van der Waals surface area (Å²) in [6.45, 7) is 4.78. The number of carbonyl (C=O) groups is 1. The molecular weight excluding hydrogens is 244 g/mol. The van der Waals surface area contributed by atoms with Crippen LogP contribution in [0, 0.1) is 0 Å². The summed E-state index contributed by atoms with van der Waals surface area (Å²) in [5, 5.41) is 3.30. The molecule has 1 aliphatic rings. The zero-order chi connectivity index (χ0) is 12.8. The smallest absolute Gasteiger partial charge is 0.223 e. The molecule has 3 nitrogen and oxygen atoms in total. The van der Waals surface area contributed by atoms with Crippen LogP contribution in [0.3, 0.4) is 0 Å². The van der Waals surface area contributed by atoms with E-state index in [2.05, 4.69) is 24.4 Å². The van der Waals surface area contributed by atoms with Gasteiger partial charge in [0, 0.05) is 42.7 Å². The standard InChI is InChI=1S/C14H20N2OS/c1-12-11-15-8-9-16(12)14(17)7-10-18-13-5-3-2-4-6-13/h2-6,12,15H,7-11H2,1H3/t12-/m0/s1. The van der Waals surface area contributed by atoms with Crippen molar-refractivity contribution < 1.29 is 4.79 Å². The summed E-state index contributed by atoms with van der Waals surface area (Å²) in [6.07, 6.45) is 0.629. The lowest BCUT2D eigenvalue weighted by molar-refractivity contribution is -0.133. The van der Waals surface area contributed by atoms with Gasteiger partial charge in [0.1, 0.15) is 0 Å². The van der Waals surface area contributed by atoms with Crippen LogP contribution in [0.4, 0.5) is 0 Å². The van der Waals surface area contributed by atoms with Crippen molar-refractivity contribution in [2.75, 3.05) is 25.4 Å². The Labute approximate surface area is 113 Å². The largest absolute Gasteiger partial charge is 0.337 e. The number of hydrogen-bond donors (Lipinski definition) is 1. The van der Waals surface area contributed by atoms with Crippen LogP contribution in [0.25, 0.3) is 0 Å². The molecule has 0 aliphatic carbocycles. The maximum absolute atomic E-state index is 12.1. The molecular formula is C14H20N2OS. The van der Waals surface area contributed by atoms with Crippen molar-refractivity contribution in [1.82, 2.24) is 10.2 Å². The van der Waals surface area contributed by atoms with Gasteiger partial charge < -0.3 is 10.2 Å². The van der Waals surface area contributed by atoms with Crippen molar-refractivity contribution in [1.29, 1.82) is 0 Å². The lowest BCUT2D eigenvalue weighted by atomic mass is 10.2. The molecule has 1 aromatic rings. The Hall–Kier alpha value is -1.00. The Morgan fingerprint density at radius 2 is 2.22 bits per heavy atom. The van der Waals surface area contributed by atoms with Crippen LogP contribution in [-0.2, 0) is 4.79 Å². The first-order valence-corrected chi connectivity index (χ1v) is 7.44. The first kappa shape index (κ1) is 13.4. The summed E-state index contributed by atoms with van der Waals surface area (Å²) in [6, 6.07) is 10.6. The van der Waals surface area contributed by atoms with Gasteiger partial charge >= 0.3 is 0 Å². The quantitative estimate of drug-likeness (QED) is 0.844. The fourth-order valence-electron chi connectivity index (χ4n) is 2.13. The Kier molecular flexibility index (Phi) is 5.08. The SMILES string of the molecule is C[C@H]1CNCCN1C(=O)CCSc1ccccc1. The lowest BCUT2D eigenvalue weighted by Gasteiger charge is -2.34. The first-order chi connectivity index (χ1) is 8.77. The molecule has 1 aliphatic heterocycles. The van der Waals surface area contributed by atoms with Crippen LogP contribution in [0.1, 0.15) is 13.3 Å². The fraction of sp³-hybridized carbons (Fsp3) is 0.500. The second-order valence-electron chi connectivity index (χ2n) is 4.55. The molecule has 1 N–H and O–H groups in total. The highest BCUT2D eigenvalue weighted by atomic mass is 32.2. The van der Waals surface area contributed by atoms with Gasteiger partial charge in [-0.3, -0.25) is 4.79 Å². The van der Waals surface area contributed by atoms with Crippen molar-refractivity contribution in [2.45, 2.75) is 24.3 Å². The molecule has 0 radical (unpaired) electrons. The van der Waals surface area contributed by atoms with E-state index >= 15 is 0 Å². The molecule has 0 aromatic heterocycles. The van der Waals surface area contributed by atoms with Gasteiger partial charge in [0.15, 0.2) is 0 Å². The average molecular weight is 264 g/mol. The molecule has 1 atom stereocenters. The molecule has 1 aromatic carbocycles. The number of hydrogen-bond acceptors (Lipinski definition) is 3. The number of amides is 1. The van der Waals surface area contributed by atoms with E-state index in [0.717, 1.165) is 25.4 Å². The minimum atomic E-state index is 0.285. The average Bonchev–Trinajstić information content (AvgIpc) is 2.40. The maximum Gasteiger partial charge on any atom is 0.223 e. The van der Waals surface area contributed by atoms with Crippen LogP contribution in [0.2, 0.25) is 0 Å². The molecule has 0 unspecified atom stereocenters. The van der Waals surface area contributed by atoms with E-state index < -0.39 is 0 Å². The van der Waals surface area contributed by atoms with E-state index in [1.807, 2.05) is 23.1 Å². The van der Waals surface area contributed by atoms with Crippen molar-refractivity contribution in [2.24, 2.45) is 0 Å². The van der Waals surface area contributed by atoms with Gasteiger partial charge in [-0.2, -0.15) is 0 Å². The van der Waals surface area contributed by atoms with E-state index in [4.69, 9.17) is 0 Å². The Morgan fingerprint density at radius 1 is 1.44 bits per heavy atom. The summed E-state index contributed by atoms with van der Waals surface area (Å²) < 4.78 is 0. The highest BCUT2D eigenvalue weighted by Crippen LogP contribution is 2.18. The third kappa shape index (κ3) is 3.75. The maximum atomic E-state index is 12.1. The number of thioether (sulfide) groups is 1. The fourth-order valence-corrected chi connectivity index (χ4v) is 2.99. The Morgan fingerprint density at radius 3 is 2.94 bits per heavy atom. The molecule has 1 amide bonds. The molecule has 4 heteroatoms. The third-order valence-electron chi connectivity index (χ3n) is 3.15. The summed E-state index contributed by atoms with van der Waals surface area (Å²) >= 11 is 1.75. The number of rotatable bonds is 4. The van der Waals surface area contributed by atoms with E-state index in [0.29, 0.717) is 12.5 Å². The number of nitrogens with zero attached hydrogens (tertiary/aromatic N) is 1. The van der Waals surface area contributed by atoms with Gasteiger partial charge in [-0.1, -0.05) is 18.2 Å². The molecule has 0 bridgehead atoms. The van der Waals surface area contributed by atoms with E-state index in [-0.39, 0.29) is 5.91 Å². The molecule has 1 fully saturated rings. The van der Waals surface area contributed by atoms with Crippen molar-refractivity contribution in [3.05, 3.63) is 30.3 Å². The Bertz CT molecular complexity index is 383. The van der Waals surface area contributed by atoms with Crippen LogP contribution in [0.5, 0.6) is 0 Å². The zero-order valence-electron chi connectivity index (χ0n) is 10.8. The van der Waals surface area contributed by atoms with Crippen LogP contribution >= 0.6 is 11.8 Å². The molecule has 1 saturated heterocycles. The molecule has 1 heterocycles. The molecule has 2 rings (SSSR count). The van der Waals surface area contributed by atoms with E-state index in [1.165, 1.54) is 4.90 Å². The molecule has 18 heavy (non-hydrogen) atoms. The molecule has 98 valence electrons. The van der Waals surface area contributed by atoms with Crippen molar-refractivity contribution in [3.8, 4) is 0 Å². The second kappa shape index (κ2) is 6.81. The Balaban J connectivity index is 1.74. The van der Waals surface area contributed by atoms with E-state index in [9.17, 15) is 4.79 Å². The number of benzene rings is 1. The van der Waals surface area contributed by atoms with Gasteiger partial charge in [-0.15, -0.1) is 11.8 Å². The predicted molar refractivity (Wildman–Crippen MR) is 75.8 cm³/mol. The second-order valence-corrected chi connectivity index (χ2v) is 5.72. The van der Waals surface area contributed by atoms with E-state index in [1.54, 1.807) is 11.8 Å². The summed E-state index contributed by atoms with van der Waals surface area (Å²) in [4.78, 5) is 15.3. The predicted octanol–water partition coefficient (Wildman–Crippen LogP) is 1.99. The third-order valence-corrected chi connectivity index (χ3v) is 4.16.